The molecular formula is C12H17ClN2O4S. The summed E-state index contributed by atoms with van der Waals surface area (Å²) in [7, 11) is -3.20. The molecule has 6 nitrogen and oxygen atoms in total. The lowest BCUT2D eigenvalue weighted by Gasteiger charge is -2.12. The van der Waals surface area contributed by atoms with Gasteiger partial charge in [0.05, 0.1) is 16.6 Å². The number of halogens is 1. The van der Waals surface area contributed by atoms with Crippen molar-refractivity contribution in [2.24, 2.45) is 0 Å². The van der Waals surface area contributed by atoms with Gasteiger partial charge in [0, 0.05) is 6.54 Å². The van der Waals surface area contributed by atoms with E-state index in [0.29, 0.717) is 31.2 Å². The molecule has 2 heterocycles. The molecule has 20 heavy (non-hydrogen) atoms. The Labute approximate surface area is 121 Å². The van der Waals surface area contributed by atoms with Crippen LogP contribution in [0.4, 0.5) is 0 Å². The van der Waals surface area contributed by atoms with Crippen LogP contribution in [0.15, 0.2) is 9.59 Å². The molecular weight excluding hydrogens is 304 g/mol. The van der Waals surface area contributed by atoms with Crippen molar-refractivity contribution >= 4 is 21.4 Å². The fraction of sp³-hybridized carbons (Fsp3) is 0.667. The van der Waals surface area contributed by atoms with E-state index >= 15 is 0 Å². The average Bonchev–Trinajstić information content (AvgIpc) is 2.69. The van der Waals surface area contributed by atoms with Gasteiger partial charge < -0.3 is 0 Å². The summed E-state index contributed by atoms with van der Waals surface area (Å²) >= 11 is 5.87. The molecule has 0 bridgehead atoms. The molecule has 0 spiro atoms. The predicted octanol–water partition coefficient (Wildman–Crippen LogP) is 0.720. The lowest BCUT2D eigenvalue weighted by molar-refractivity contribution is 0.545. The Bertz CT molecular complexity index is 720. The molecule has 1 aromatic heterocycles. The van der Waals surface area contributed by atoms with Crippen LogP contribution < -0.4 is 11.2 Å². The molecule has 1 fully saturated rings. The molecule has 8 heteroatoms. The van der Waals surface area contributed by atoms with Crippen molar-refractivity contribution in [2.45, 2.75) is 44.4 Å². The molecule has 1 saturated heterocycles. The van der Waals surface area contributed by atoms with Gasteiger partial charge in [0.2, 0.25) is 0 Å². The molecule has 1 N–H and O–H groups in total. The van der Waals surface area contributed by atoms with Crippen molar-refractivity contribution < 1.29 is 8.42 Å². The minimum Gasteiger partial charge on any atom is -0.297 e. The smallest absolute Gasteiger partial charge is 0.297 e. The molecule has 1 aliphatic heterocycles. The zero-order valence-corrected chi connectivity index (χ0v) is 12.8. The topological polar surface area (TPSA) is 89.0 Å². The van der Waals surface area contributed by atoms with E-state index in [4.69, 9.17) is 11.6 Å². The third kappa shape index (κ3) is 2.83. The highest BCUT2D eigenvalue weighted by atomic mass is 35.5. The Morgan fingerprint density at radius 2 is 2.10 bits per heavy atom. The number of aromatic nitrogens is 2. The summed E-state index contributed by atoms with van der Waals surface area (Å²) in [6.45, 7) is 1.80. The average molecular weight is 321 g/mol. The van der Waals surface area contributed by atoms with E-state index in [-0.39, 0.29) is 17.5 Å². The van der Waals surface area contributed by atoms with Gasteiger partial charge in [-0.1, -0.05) is 24.9 Å². The molecule has 1 aliphatic rings. The maximum Gasteiger partial charge on any atom is 0.329 e. The summed E-state index contributed by atoms with van der Waals surface area (Å²) in [6, 6.07) is 0. The van der Waals surface area contributed by atoms with Crippen LogP contribution in [0, 0.1) is 0 Å². The van der Waals surface area contributed by atoms with E-state index in [2.05, 4.69) is 4.98 Å². The normalized spacial score (nSPS) is 21.2. The number of nitrogens with one attached hydrogen (secondary N) is 1. The van der Waals surface area contributed by atoms with Crippen LogP contribution >= 0.6 is 11.6 Å². The number of aromatic amines is 1. The molecule has 1 atom stereocenters. The van der Waals surface area contributed by atoms with Crippen LogP contribution in [0.25, 0.3) is 0 Å². The highest BCUT2D eigenvalue weighted by Gasteiger charge is 2.32. The minimum atomic E-state index is -3.20. The van der Waals surface area contributed by atoms with Gasteiger partial charge in [-0.2, -0.15) is 0 Å². The molecule has 112 valence electrons. The van der Waals surface area contributed by atoms with E-state index in [1.54, 1.807) is 0 Å². The number of H-pyrrole nitrogens is 1. The van der Waals surface area contributed by atoms with Crippen LogP contribution in [0.2, 0.25) is 5.15 Å². The molecule has 1 unspecified atom stereocenters. The van der Waals surface area contributed by atoms with Gasteiger partial charge >= 0.3 is 5.69 Å². The molecule has 1 aromatic rings. The first kappa shape index (κ1) is 15.3. The zero-order valence-electron chi connectivity index (χ0n) is 11.2. The summed E-state index contributed by atoms with van der Waals surface area (Å²) in [5.41, 5.74) is -0.797. The largest absolute Gasteiger partial charge is 0.329 e. The number of sulfone groups is 1. The summed E-state index contributed by atoms with van der Waals surface area (Å²) in [5.74, 6) is 0.125. The van der Waals surface area contributed by atoms with E-state index in [1.807, 2.05) is 6.92 Å². The highest BCUT2D eigenvalue weighted by Crippen LogP contribution is 2.20. The zero-order chi connectivity index (χ0) is 14.9. The van der Waals surface area contributed by atoms with Gasteiger partial charge in [-0.3, -0.25) is 14.3 Å². The van der Waals surface area contributed by atoms with Crippen LogP contribution in [0.5, 0.6) is 0 Å². The summed E-state index contributed by atoms with van der Waals surface area (Å²) < 4.78 is 24.6. The maximum absolute atomic E-state index is 12.3. The Hall–Kier alpha value is -1.08. The summed E-state index contributed by atoms with van der Waals surface area (Å²) in [5, 5.41) is -0.607. The van der Waals surface area contributed by atoms with Gasteiger partial charge in [0.1, 0.15) is 5.15 Å². The molecule has 0 amide bonds. The first-order valence-electron chi connectivity index (χ1n) is 6.60. The quantitative estimate of drug-likeness (QED) is 0.828. The fourth-order valence-electron chi connectivity index (χ4n) is 2.49. The molecule has 0 radical (unpaired) electrons. The minimum absolute atomic E-state index is 0.0485. The van der Waals surface area contributed by atoms with Crippen LogP contribution in [-0.2, 0) is 22.8 Å². The number of nitrogens with zero attached hydrogens (tertiary/aromatic N) is 1. The van der Waals surface area contributed by atoms with Crippen molar-refractivity contribution in [3.05, 3.63) is 31.6 Å². The second kappa shape index (κ2) is 5.73. The summed E-state index contributed by atoms with van der Waals surface area (Å²) in [6.07, 6.45) is 2.23. The number of rotatable bonds is 4. The van der Waals surface area contributed by atoms with E-state index in [1.165, 1.54) is 0 Å². The van der Waals surface area contributed by atoms with Gasteiger partial charge in [-0.25, -0.2) is 13.2 Å². The van der Waals surface area contributed by atoms with Crippen LogP contribution in [0.3, 0.4) is 0 Å². The fourth-order valence-corrected chi connectivity index (χ4v) is 4.55. The van der Waals surface area contributed by atoms with E-state index in [9.17, 15) is 18.0 Å². The van der Waals surface area contributed by atoms with Crippen LogP contribution in [-0.4, -0.2) is 29.0 Å². The molecule has 0 saturated carbocycles. The Morgan fingerprint density at radius 1 is 1.40 bits per heavy atom. The second-order valence-electron chi connectivity index (χ2n) is 5.02. The van der Waals surface area contributed by atoms with Gasteiger partial charge in [-0.15, -0.1) is 0 Å². The number of hydrogen-bond donors (Lipinski definition) is 1. The third-order valence-corrected chi connectivity index (χ3v) is 6.16. The monoisotopic (exact) mass is 320 g/mol. The Morgan fingerprint density at radius 3 is 2.65 bits per heavy atom. The molecule has 2 rings (SSSR count). The predicted molar refractivity (Wildman–Crippen MR) is 77.1 cm³/mol. The first-order chi connectivity index (χ1) is 9.36. The lowest BCUT2D eigenvalue weighted by Crippen LogP contribution is -2.41. The summed E-state index contributed by atoms with van der Waals surface area (Å²) in [4.78, 5) is 26.5. The molecule has 0 aromatic carbocycles. The SMILES string of the molecule is CCCc1c(Cl)[nH]c(=O)n(CC2CCCS2(=O)=O)c1=O. The second-order valence-corrected chi connectivity index (χ2v) is 7.80. The van der Waals surface area contributed by atoms with Gasteiger partial charge in [0.25, 0.3) is 5.56 Å². The Kier molecular flexibility index (Phi) is 4.39. The third-order valence-electron chi connectivity index (χ3n) is 3.58. The van der Waals surface area contributed by atoms with Crippen molar-refractivity contribution in [1.82, 2.24) is 9.55 Å². The lowest BCUT2D eigenvalue weighted by atomic mass is 10.2. The van der Waals surface area contributed by atoms with Crippen molar-refractivity contribution in [3.8, 4) is 0 Å². The van der Waals surface area contributed by atoms with Gasteiger partial charge in [-0.05, 0) is 19.3 Å². The first-order valence-corrected chi connectivity index (χ1v) is 8.69. The maximum atomic E-state index is 12.3. The van der Waals surface area contributed by atoms with E-state index < -0.39 is 26.3 Å². The highest BCUT2D eigenvalue weighted by molar-refractivity contribution is 7.92. The molecule has 0 aliphatic carbocycles. The number of hydrogen-bond acceptors (Lipinski definition) is 4. The van der Waals surface area contributed by atoms with Crippen molar-refractivity contribution in [2.75, 3.05) is 5.75 Å². The van der Waals surface area contributed by atoms with Crippen molar-refractivity contribution in [1.29, 1.82) is 0 Å². The standard InChI is InChI=1S/C12H17ClN2O4S/c1-2-4-9-10(13)14-12(17)15(11(9)16)7-8-5-3-6-20(8,18)19/h8H,2-7H2,1H3,(H,14,17). The van der Waals surface area contributed by atoms with Gasteiger partial charge in [0.15, 0.2) is 9.84 Å². The van der Waals surface area contributed by atoms with Crippen molar-refractivity contribution in [3.63, 3.8) is 0 Å². The Balaban J connectivity index is 2.45. The van der Waals surface area contributed by atoms with Crippen LogP contribution in [0.1, 0.15) is 31.7 Å². The van der Waals surface area contributed by atoms with E-state index in [0.717, 1.165) is 4.57 Å².